The first-order valence-corrected chi connectivity index (χ1v) is 7.54. The summed E-state index contributed by atoms with van der Waals surface area (Å²) in [5, 5.41) is 0. The molecule has 0 heterocycles. The fourth-order valence-electron chi connectivity index (χ4n) is 2.67. The van der Waals surface area contributed by atoms with Crippen LogP contribution in [0.5, 0.6) is 0 Å². The van der Waals surface area contributed by atoms with Crippen LogP contribution < -0.4 is 0 Å². The van der Waals surface area contributed by atoms with E-state index in [1.165, 1.54) is 38.5 Å². The summed E-state index contributed by atoms with van der Waals surface area (Å²) in [5.41, 5.74) is 0. The second-order valence-electron chi connectivity index (χ2n) is 6.00. The van der Waals surface area contributed by atoms with Crippen molar-refractivity contribution in [3.63, 3.8) is 0 Å². The predicted molar refractivity (Wildman–Crippen MR) is 75.7 cm³/mol. The molecule has 0 heteroatoms. The van der Waals surface area contributed by atoms with Crippen molar-refractivity contribution in [1.29, 1.82) is 0 Å². The summed E-state index contributed by atoms with van der Waals surface area (Å²) in [6.45, 7) is 14.3. The first-order valence-electron chi connectivity index (χ1n) is 7.54. The average Bonchev–Trinajstić information content (AvgIpc) is 2.27. The van der Waals surface area contributed by atoms with Gasteiger partial charge in [-0.15, -0.1) is 0 Å². The number of unbranched alkanes of at least 4 members (excludes halogenated alkanes) is 3. The van der Waals surface area contributed by atoms with Crippen LogP contribution >= 0.6 is 0 Å². The Morgan fingerprint density at radius 3 is 1.88 bits per heavy atom. The largest absolute Gasteiger partial charge is 0.0654 e. The smallest absolute Gasteiger partial charge is 0.0360 e. The molecule has 0 aliphatic carbocycles. The second-order valence-corrected chi connectivity index (χ2v) is 6.00. The molecule has 0 saturated heterocycles. The molecule has 16 heavy (non-hydrogen) atoms. The maximum Gasteiger partial charge on any atom is -0.0360 e. The molecule has 0 spiro atoms. The van der Waals surface area contributed by atoms with Gasteiger partial charge in [-0.2, -0.15) is 0 Å². The molecular weight excluding hydrogens is 192 g/mol. The van der Waals surface area contributed by atoms with E-state index in [2.05, 4.69) is 41.5 Å². The fourth-order valence-corrected chi connectivity index (χ4v) is 2.67. The molecule has 0 amide bonds. The van der Waals surface area contributed by atoms with Crippen LogP contribution in [0.25, 0.3) is 0 Å². The fraction of sp³-hybridized carbons (Fsp3) is 1.00. The third-order valence-corrected chi connectivity index (χ3v) is 4.49. The van der Waals surface area contributed by atoms with E-state index in [1.54, 1.807) is 0 Å². The Hall–Kier alpha value is 0. The molecule has 0 aliphatic heterocycles. The summed E-state index contributed by atoms with van der Waals surface area (Å²) in [4.78, 5) is 0. The molecule has 0 saturated carbocycles. The summed E-state index contributed by atoms with van der Waals surface area (Å²) in [5.74, 6) is 3.57. The molecule has 98 valence electrons. The zero-order valence-electron chi connectivity index (χ0n) is 12.6. The minimum atomic E-state index is 0.838. The van der Waals surface area contributed by atoms with Gasteiger partial charge < -0.3 is 0 Å². The molecule has 3 unspecified atom stereocenters. The summed E-state index contributed by atoms with van der Waals surface area (Å²) < 4.78 is 0. The molecule has 0 aromatic heterocycles. The Labute approximate surface area is 104 Å². The zero-order chi connectivity index (χ0) is 12.6. The third-order valence-electron chi connectivity index (χ3n) is 4.49. The minimum absolute atomic E-state index is 0.838. The van der Waals surface area contributed by atoms with E-state index in [0.29, 0.717) is 0 Å². The lowest BCUT2D eigenvalue weighted by Crippen LogP contribution is -2.23. The van der Waals surface area contributed by atoms with E-state index in [1.807, 2.05) is 0 Å². The van der Waals surface area contributed by atoms with Crippen LogP contribution in [0.2, 0.25) is 0 Å². The van der Waals surface area contributed by atoms with Gasteiger partial charge in [0.2, 0.25) is 0 Å². The highest BCUT2D eigenvalue weighted by molar-refractivity contribution is 4.73. The highest BCUT2D eigenvalue weighted by atomic mass is 14.3. The number of hydrogen-bond donors (Lipinski definition) is 0. The molecule has 0 N–H and O–H groups in total. The Kier molecular flexibility index (Phi) is 9.07. The highest BCUT2D eigenvalue weighted by Gasteiger charge is 2.24. The molecule has 0 nitrogen and oxygen atoms in total. The first-order chi connectivity index (χ1) is 7.54. The Morgan fingerprint density at radius 1 is 0.812 bits per heavy atom. The van der Waals surface area contributed by atoms with Gasteiger partial charge in [0.1, 0.15) is 0 Å². The summed E-state index contributed by atoms with van der Waals surface area (Å²) in [7, 11) is 0. The zero-order valence-corrected chi connectivity index (χ0v) is 12.6. The van der Waals surface area contributed by atoms with Crippen LogP contribution in [0.4, 0.5) is 0 Å². The van der Waals surface area contributed by atoms with Gasteiger partial charge in [-0.25, -0.2) is 0 Å². The molecule has 0 bridgehead atoms. The Bertz CT molecular complexity index is 148. The van der Waals surface area contributed by atoms with Crippen LogP contribution in [0.3, 0.4) is 0 Å². The molecule has 0 rings (SSSR count). The third kappa shape index (κ3) is 5.92. The number of hydrogen-bond acceptors (Lipinski definition) is 0. The monoisotopic (exact) mass is 226 g/mol. The van der Waals surface area contributed by atoms with E-state index in [4.69, 9.17) is 0 Å². The van der Waals surface area contributed by atoms with Gasteiger partial charge in [0.25, 0.3) is 0 Å². The lowest BCUT2D eigenvalue weighted by molar-refractivity contribution is 0.182. The average molecular weight is 226 g/mol. The van der Waals surface area contributed by atoms with Gasteiger partial charge in [-0.1, -0.05) is 73.6 Å². The Morgan fingerprint density at radius 2 is 1.44 bits per heavy atom. The van der Waals surface area contributed by atoms with Crippen molar-refractivity contribution >= 4 is 0 Å². The van der Waals surface area contributed by atoms with Crippen LogP contribution in [-0.2, 0) is 0 Å². The lowest BCUT2D eigenvalue weighted by atomic mass is 9.74. The van der Waals surface area contributed by atoms with Crippen molar-refractivity contribution in [2.24, 2.45) is 23.7 Å². The topological polar surface area (TPSA) is 0 Å². The van der Waals surface area contributed by atoms with Gasteiger partial charge in [0.05, 0.1) is 0 Å². The van der Waals surface area contributed by atoms with Crippen molar-refractivity contribution in [2.45, 2.75) is 80.1 Å². The summed E-state index contributed by atoms with van der Waals surface area (Å²) in [6.07, 6.45) is 8.45. The van der Waals surface area contributed by atoms with Gasteiger partial charge >= 0.3 is 0 Å². The maximum atomic E-state index is 2.46. The molecule has 0 fully saturated rings. The van der Waals surface area contributed by atoms with E-state index in [9.17, 15) is 0 Å². The molecule has 0 aromatic carbocycles. The van der Waals surface area contributed by atoms with Gasteiger partial charge in [-0.3, -0.25) is 0 Å². The van der Waals surface area contributed by atoms with Crippen molar-refractivity contribution in [3.8, 4) is 0 Å². The summed E-state index contributed by atoms with van der Waals surface area (Å²) >= 11 is 0. The molecule has 0 radical (unpaired) electrons. The second kappa shape index (κ2) is 9.07. The SMILES string of the molecule is CCCCCCC(C(C)CC)C(C)C(C)C. The van der Waals surface area contributed by atoms with E-state index >= 15 is 0 Å². The van der Waals surface area contributed by atoms with Crippen molar-refractivity contribution in [1.82, 2.24) is 0 Å². The van der Waals surface area contributed by atoms with Crippen LogP contribution in [0.15, 0.2) is 0 Å². The van der Waals surface area contributed by atoms with Crippen molar-refractivity contribution in [2.75, 3.05) is 0 Å². The number of rotatable bonds is 9. The summed E-state index contributed by atoms with van der Waals surface area (Å²) in [6, 6.07) is 0. The molecule has 0 aromatic rings. The Balaban J connectivity index is 4.10. The van der Waals surface area contributed by atoms with Gasteiger partial charge in [-0.05, 0) is 30.1 Å². The lowest BCUT2D eigenvalue weighted by Gasteiger charge is -2.31. The van der Waals surface area contributed by atoms with Gasteiger partial charge in [0, 0.05) is 0 Å². The minimum Gasteiger partial charge on any atom is -0.0654 e. The van der Waals surface area contributed by atoms with E-state index < -0.39 is 0 Å². The van der Waals surface area contributed by atoms with Crippen LogP contribution in [0.1, 0.15) is 80.1 Å². The normalized spacial score (nSPS) is 17.4. The first kappa shape index (κ1) is 16.0. The van der Waals surface area contributed by atoms with Gasteiger partial charge in [0.15, 0.2) is 0 Å². The van der Waals surface area contributed by atoms with Crippen LogP contribution in [0, 0.1) is 23.7 Å². The molecular formula is C16H34. The standard InChI is InChI=1S/C16H34/c1-7-9-10-11-12-16(14(5)8-2)15(6)13(3)4/h13-16H,7-12H2,1-6H3. The van der Waals surface area contributed by atoms with E-state index in [0.717, 1.165) is 23.7 Å². The van der Waals surface area contributed by atoms with Crippen molar-refractivity contribution in [3.05, 3.63) is 0 Å². The maximum absolute atomic E-state index is 2.46. The molecule has 0 aliphatic rings. The van der Waals surface area contributed by atoms with Crippen LogP contribution in [-0.4, -0.2) is 0 Å². The van der Waals surface area contributed by atoms with Crippen molar-refractivity contribution < 1.29 is 0 Å². The molecule has 3 atom stereocenters. The predicted octanol–water partition coefficient (Wildman–Crippen LogP) is 5.91. The highest BCUT2D eigenvalue weighted by Crippen LogP contribution is 2.33. The quantitative estimate of drug-likeness (QED) is 0.429. The van der Waals surface area contributed by atoms with E-state index in [-0.39, 0.29) is 0 Å².